The largest absolute Gasteiger partial charge is 0.0836 e. The van der Waals surface area contributed by atoms with Gasteiger partial charge in [0.25, 0.3) is 0 Å². The number of allylic oxidation sites excluding steroid dienone is 1. The van der Waals surface area contributed by atoms with Gasteiger partial charge in [-0.25, -0.2) is 0 Å². The first-order chi connectivity index (χ1) is 6.40. The molecule has 1 aliphatic carbocycles. The van der Waals surface area contributed by atoms with Crippen LogP contribution in [0.3, 0.4) is 0 Å². The number of rotatable bonds is 1. The Kier molecular flexibility index (Phi) is 2.49. The van der Waals surface area contributed by atoms with Crippen molar-refractivity contribution >= 4 is 6.08 Å². The van der Waals surface area contributed by atoms with Crippen LogP contribution in [-0.4, -0.2) is 0 Å². The Morgan fingerprint density at radius 3 is 3.00 bits per heavy atom. The molecule has 0 saturated carbocycles. The molecule has 0 bridgehead atoms. The van der Waals surface area contributed by atoms with Gasteiger partial charge in [0, 0.05) is 0 Å². The maximum atomic E-state index is 2.32. The fraction of sp³-hybridized carbons (Fsp3) is 0.385. The van der Waals surface area contributed by atoms with Crippen molar-refractivity contribution in [1.29, 1.82) is 0 Å². The van der Waals surface area contributed by atoms with Gasteiger partial charge in [0.1, 0.15) is 0 Å². The Balaban J connectivity index is 2.32. The van der Waals surface area contributed by atoms with Gasteiger partial charge in [0.15, 0.2) is 0 Å². The quantitative estimate of drug-likeness (QED) is 0.606. The molecule has 1 unspecified atom stereocenters. The highest BCUT2D eigenvalue weighted by atomic mass is 14.2. The lowest BCUT2D eigenvalue weighted by molar-refractivity contribution is 0.517. The molecule has 0 aliphatic heterocycles. The van der Waals surface area contributed by atoms with Crippen LogP contribution < -0.4 is 0 Å². The van der Waals surface area contributed by atoms with E-state index in [9.17, 15) is 0 Å². The summed E-state index contributed by atoms with van der Waals surface area (Å²) in [5.41, 5.74) is 2.93. The minimum absolute atomic E-state index is 0.847. The minimum Gasteiger partial charge on any atom is -0.0836 e. The zero-order valence-electron chi connectivity index (χ0n) is 8.16. The predicted molar refractivity (Wildman–Crippen MR) is 57.6 cm³/mol. The van der Waals surface area contributed by atoms with Gasteiger partial charge in [0.2, 0.25) is 0 Å². The Morgan fingerprint density at radius 1 is 1.31 bits per heavy atom. The summed E-state index contributed by atoms with van der Waals surface area (Å²) in [7, 11) is 0. The summed E-state index contributed by atoms with van der Waals surface area (Å²) in [4.78, 5) is 0. The van der Waals surface area contributed by atoms with Crippen molar-refractivity contribution < 1.29 is 0 Å². The normalized spacial score (nSPS) is 20.8. The Morgan fingerprint density at radius 2 is 2.15 bits per heavy atom. The number of fused-ring (bicyclic) bond motifs is 1. The second-order valence-electron chi connectivity index (χ2n) is 3.82. The van der Waals surface area contributed by atoms with Crippen LogP contribution in [0.4, 0.5) is 0 Å². The zero-order chi connectivity index (χ0) is 9.10. The van der Waals surface area contributed by atoms with E-state index < -0.39 is 0 Å². The predicted octanol–water partition coefficient (Wildman–Crippen LogP) is 3.67. The van der Waals surface area contributed by atoms with Crippen LogP contribution >= 0.6 is 0 Å². The number of benzene rings is 1. The average molecular weight is 172 g/mol. The van der Waals surface area contributed by atoms with Gasteiger partial charge in [-0.15, -0.1) is 0 Å². The fourth-order valence-corrected chi connectivity index (χ4v) is 1.98. The molecule has 0 N–H and O–H groups in total. The Bertz CT molecular complexity index is 310. The number of hydrogen-bond acceptors (Lipinski definition) is 0. The molecule has 1 atom stereocenters. The van der Waals surface area contributed by atoms with Gasteiger partial charge >= 0.3 is 0 Å². The molecule has 0 saturated heterocycles. The van der Waals surface area contributed by atoms with Crippen LogP contribution in [-0.2, 0) is 6.42 Å². The van der Waals surface area contributed by atoms with E-state index in [4.69, 9.17) is 0 Å². The van der Waals surface area contributed by atoms with E-state index in [-0.39, 0.29) is 0 Å². The van der Waals surface area contributed by atoms with Crippen LogP contribution in [0.25, 0.3) is 6.08 Å². The molecule has 0 nitrogen and oxygen atoms in total. The molecule has 0 aromatic heterocycles. The van der Waals surface area contributed by atoms with Gasteiger partial charge in [-0.05, 0) is 29.9 Å². The van der Waals surface area contributed by atoms with Crippen LogP contribution in [0.1, 0.15) is 30.9 Å². The number of hydrogen-bond donors (Lipinski definition) is 0. The lowest BCUT2D eigenvalue weighted by atomic mass is 9.94. The first-order valence-corrected chi connectivity index (χ1v) is 5.14. The second kappa shape index (κ2) is 3.78. The average Bonchev–Trinajstić information content (AvgIpc) is 2.38. The fourth-order valence-electron chi connectivity index (χ4n) is 1.98. The molecule has 0 heterocycles. The minimum atomic E-state index is 0.847. The summed E-state index contributed by atoms with van der Waals surface area (Å²) in [6.07, 6.45) is 8.37. The molecule has 0 amide bonds. The summed E-state index contributed by atoms with van der Waals surface area (Å²) < 4.78 is 0. The van der Waals surface area contributed by atoms with Gasteiger partial charge in [0.05, 0.1) is 0 Å². The highest BCUT2D eigenvalue weighted by Crippen LogP contribution is 2.24. The van der Waals surface area contributed by atoms with Crippen LogP contribution in [0.15, 0.2) is 30.3 Å². The maximum Gasteiger partial charge on any atom is -0.0228 e. The van der Waals surface area contributed by atoms with E-state index in [1.54, 1.807) is 0 Å². The molecule has 0 heteroatoms. The standard InChI is InChI=1S/C13H16/c1-2-11-6-5-9-12-7-3-4-8-13(12)10-11/h3-5,7-9,11H,2,6,10H2,1H3. The molecule has 1 aliphatic rings. The van der Waals surface area contributed by atoms with Crippen LogP contribution in [0.2, 0.25) is 0 Å². The maximum absolute atomic E-state index is 2.32. The van der Waals surface area contributed by atoms with Crippen molar-refractivity contribution in [3.05, 3.63) is 41.5 Å². The highest BCUT2D eigenvalue weighted by molar-refractivity contribution is 5.54. The second-order valence-corrected chi connectivity index (χ2v) is 3.82. The zero-order valence-corrected chi connectivity index (χ0v) is 8.16. The van der Waals surface area contributed by atoms with Crippen molar-refractivity contribution in [2.24, 2.45) is 5.92 Å². The summed E-state index contributed by atoms with van der Waals surface area (Å²) in [6.45, 7) is 2.28. The monoisotopic (exact) mass is 172 g/mol. The summed E-state index contributed by atoms with van der Waals surface area (Å²) in [5, 5.41) is 0. The van der Waals surface area contributed by atoms with Gasteiger partial charge in [-0.3, -0.25) is 0 Å². The van der Waals surface area contributed by atoms with Crippen molar-refractivity contribution in [3.8, 4) is 0 Å². The molecular formula is C13H16. The molecule has 0 radical (unpaired) electrons. The van der Waals surface area contributed by atoms with E-state index in [2.05, 4.69) is 43.3 Å². The summed E-state index contributed by atoms with van der Waals surface area (Å²) >= 11 is 0. The molecular weight excluding hydrogens is 156 g/mol. The van der Waals surface area contributed by atoms with E-state index >= 15 is 0 Å². The van der Waals surface area contributed by atoms with Crippen molar-refractivity contribution in [2.75, 3.05) is 0 Å². The SMILES string of the molecule is CCC1CC=Cc2ccccc2C1. The molecule has 13 heavy (non-hydrogen) atoms. The summed E-state index contributed by atoms with van der Waals surface area (Å²) in [6, 6.07) is 8.73. The molecule has 0 spiro atoms. The van der Waals surface area contributed by atoms with E-state index in [1.165, 1.54) is 30.4 Å². The van der Waals surface area contributed by atoms with Crippen molar-refractivity contribution in [3.63, 3.8) is 0 Å². The van der Waals surface area contributed by atoms with Crippen LogP contribution in [0.5, 0.6) is 0 Å². The lowest BCUT2D eigenvalue weighted by Crippen LogP contribution is -2.01. The van der Waals surface area contributed by atoms with E-state index in [1.807, 2.05) is 0 Å². The Labute approximate surface area is 80.3 Å². The topological polar surface area (TPSA) is 0 Å². The van der Waals surface area contributed by atoms with E-state index in [0.29, 0.717) is 0 Å². The van der Waals surface area contributed by atoms with Crippen molar-refractivity contribution in [1.82, 2.24) is 0 Å². The van der Waals surface area contributed by atoms with Gasteiger partial charge in [-0.1, -0.05) is 49.8 Å². The molecule has 1 aromatic carbocycles. The third-order valence-electron chi connectivity index (χ3n) is 2.91. The molecule has 2 rings (SSSR count). The van der Waals surface area contributed by atoms with E-state index in [0.717, 1.165) is 5.92 Å². The third-order valence-corrected chi connectivity index (χ3v) is 2.91. The highest BCUT2D eigenvalue weighted by Gasteiger charge is 2.10. The first-order valence-electron chi connectivity index (χ1n) is 5.14. The first kappa shape index (κ1) is 8.55. The third kappa shape index (κ3) is 1.82. The van der Waals surface area contributed by atoms with Crippen LogP contribution in [0, 0.1) is 5.92 Å². The summed E-state index contributed by atoms with van der Waals surface area (Å²) in [5.74, 6) is 0.847. The lowest BCUT2D eigenvalue weighted by Gasteiger charge is -2.11. The Hall–Kier alpha value is -1.04. The molecule has 68 valence electrons. The molecule has 0 fully saturated rings. The molecule has 1 aromatic rings. The van der Waals surface area contributed by atoms with Gasteiger partial charge < -0.3 is 0 Å². The smallest absolute Gasteiger partial charge is 0.0228 e. The van der Waals surface area contributed by atoms with Crippen molar-refractivity contribution in [2.45, 2.75) is 26.2 Å². The van der Waals surface area contributed by atoms with Gasteiger partial charge in [-0.2, -0.15) is 0 Å².